The lowest BCUT2D eigenvalue weighted by atomic mass is 10.0. The summed E-state index contributed by atoms with van der Waals surface area (Å²) in [7, 11) is 2.11. The molecule has 0 radical (unpaired) electrons. The molecule has 2 aliphatic rings. The zero-order valence-electron chi connectivity index (χ0n) is 8.05. The first kappa shape index (κ1) is 8.97. The SMILES string of the molecule is CN1CC(NC(=O)CN)C2(CC2)C1. The molecular formula is C9H17N3O. The van der Waals surface area contributed by atoms with Crippen LogP contribution in [0.4, 0.5) is 0 Å². The molecule has 4 heteroatoms. The van der Waals surface area contributed by atoms with Crippen molar-refractivity contribution in [2.24, 2.45) is 11.1 Å². The minimum absolute atomic E-state index is 0.0217. The highest BCUT2D eigenvalue weighted by atomic mass is 16.1. The van der Waals surface area contributed by atoms with Crippen LogP contribution in [-0.4, -0.2) is 43.5 Å². The number of likely N-dealkylation sites (N-methyl/N-ethyl adjacent to an activating group) is 1. The third kappa shape index (κ3) is 1.56. The Kier molecular flexibility index (Phi) is 2.04. The number of nitrogens with zero attached hydrogens (tertiary/aromatic N) is 1. The van der Waals surface area contributed by atoms with Crippen molar-refractivity contribution in [3.63, 3.8) is 0 Å². The molecule has 1 spiro atoms. The Morgan fingerprint density at radius 3 is 2.92 bits per heavy atom. The molecule has 0 aromatic rings. The number of hydrogen-bond acceptors (Lipinski definition) is 3. The topological polar surface area (TPSA) is 58.4 Å². The summed E-state index contributed by atoms with van der Waals surface area (Å²) in [5.74, 6) is -0.0217. The van der Waals surface area contributed by atoms with E-state index in [0.29, 0.717) is 11.5 Å². The molecule has 1 heterocycles. The van der Waals surface area contributed by atoms with Crippen molar-refractivity contribution in [2.75, 3.05) is 26.7 Å². The van der Waals surface area contributed by atoms with Gasteiger partial charge < -0.3 is 16.0 Å². The lowest BCUT2D eigenvalue weighted by Gasteiger charge is -2.18. The number of carbonyl (C=O) groups excluding carboxylic acids is 1. The third-order valence-electron chi connectivity index (χ3n) is 3.23. The Bertz CT molecular complexity index is 225. The lowest BCUT2D eigenvalue weighted by molar-refractivity contribution is -0.120. The van der Waals surface area contributed by atoms with Crippen molar-refractivity contribution in [2.45, 2.75) is 18.9 Å². The van der Waals surface area contributed by atoms with Crippen LogP contribution >= 0.6 is 0 Å². The quantitative estimate of drug-likeness (QED) is 0.586. The Balaban J connectivity index is 1.95. The molecule has 4 nitrogen and oxygen atoms in total. The molecule has 3 N–H and O–H groups in total. The zero-order chi connectivity index (χ0) is 9.47. The van der Waals surface area contributed by atoms with Crippen molar-refractivity contribution < 1.29 is 4.79 Å². The summed E-state index contributed by atoms with van der Waals surface area (Å²) in [5.41, 5.74) is 5.67. The maximum atomic E-state index is 11.1. The summed E-state index contributed by atoms with van der Waals surface area (Å²) < 4.78 is 0. The van der Waals surface area contributed by atoms with E-state index in [-0.39, 0.29) is 12.5 Å². The zero-order valence-corrected chi connectivity index (χ0v) is 8.05. The van der Waals surface area contributed by atoms with Gasteiger partial charge in [0.15, 0.2) is 0 Å². The first-order valence-electron chi connectivity index (χ1n) is 4.84. The molecule has 1 amide bonds. The number of rotatable bonds is 2. The monoisotopic (exact) mass is 183 g/mol. The number of likely N-dealkylation sites (tertiary alicyclic amines) is 1. The highest BCUT2D eigenvalue weighted by Crippen LogP contribution is 2.52. The molecule has 1 saturated carbocycles. The molecule has 1 unspecified atom stereocenters. The van der Waals surface area contributed by atoms with E-state index in [1.54, 1.807) is 0 Å². The van der Waals surface area contributed by atoms with Crippen molar-refractivity contribution in [1.82, 2.24) is 10.2 Å². The highest BCUT2D eigenvalue weighted by Gasteiger charge is 2.54. The van der Waals surface area contributed by atoms with Crippen LogP contribution in [0, 0.1) is 5.41 Å². The van der Waals surface area contributed by atoms with Gasteiger partial charge >= 0.3 is 0 Å². The summed E-state index contributed by atoms with van der Waals surface area (Å²) in [6.45, 7) is 2.21. The summed E-state index contributed by atoms with van der Waals surface area (Å²) in [6, 6.07) is 0.341. The fourth-order valence-electron chi connectivity index (χ4n) is 2.34. The van der Waals surface area contributed by atoms with Gasteiger partial charge in [0.1, 0.15) is 0 Å². The summed E-state index contributed by atoms with van der Waals surface area (Å²) >= 11 is 0. The van der Waals surface area contributed by atoms with Gasteiger partial charge in [-0.3, -0.25) is 4.79 Å². The second kappa shape index (κ2) is 2.96. The minimum Gasteiger partial charge on any atom is -0.350 e. The molecule has 0 aromatic carbocycles. The lowest BCUT2D eigenvalue weighted by Crippen LogP contribution is -2.44. The normalized spacial score (nSPS) is 30.8. The van der Waals surface area contributed by atoms with Crippen molar-refractivity contribution in [3.05, 3.63) is 0 Å². The van der Waals surface area contributed by atoms with Gasteiger partial charge in [-0.25, -0.2) is 0 Å². The van der Waals surface area contributed by atoms with Crippen LogP contribution in [0.25, 0.3) is 0 Å². The van der Waals surface area contributed by atoms with Crippen LogP contribution < -0.4 is 11.1 Å². The average molecular weight is 183 g/mol. The van der Waals surface area contributed by atoms with Crippen LogP contribution in [0.1, 0.15) is 12.8 Å². The second-order valence-corrected chi connectivity index (χ2v) is 4.38. The van der Waals surface area contributed by atoms with Gasteiger partial charge in [-0.2, -0.15) is 0 Å². The summed E-state index contributed by atoms with van der Waals surface area (Å²) in [5, 5.41) is 3.01. The van der Waals surface area contributed by atoms with Crippen molar-refractivity contribution in [1.29, 1.82) is 0 Å². The first-order chi connectivity index (χ1) is 6.16. The molecule has 1 saturated heterocycles. The molecule has 74 valence electrons. The van der Waals surface area contributed by atoms with E-state index in [9.17, 15) is 4.79 Å². The fourth-order valence-corrected chi connectivity index (χ4v) is 2.34. The van der Waals surface area contributed by atoms with Crippen LogP contribution in [0.5, 0.6) is 0 Å². The van der Waals surface area contributed by atoms with Gasteiger partial charge in [0.05, 0.1) is 6.54 Å². The summed E-state index contributed by atoms with van der Waals surface area (Å²) in [4.78, 5) is 13.4. The highest BCUT2D eigenvalue weighted by molar-refractivity contribution is 5.78. The molecule has 1 aliphatic carbocycles. The van der Waals surface area contributed by atoms with Gasteiger partial charge in [-0.15, -0.1) is 0 Å². The second-order valence-electron chi connectivity index (χ2n) is 4.38. The maximum absolute atomic E-state index is 11.1. The minimum atomic E-state index is -0.0217. The molecule has 1 atom stereocenters. The van der Waals surface area contributed by atoms with Crippen molar-refractivity contribution >= 4 is 5.91 Å². The van der Waals surface area contributed by atoms with Gasteiger partial charge in [0.25, 0.3) is 0 Å². The molecule has 2 fully saturated rings. The average Bonchev–Trinajstić information content (AvgIpc) is 2.77. The molecule has 1 aliphatic heterocycles. The van der Waals surface area contributed by atoms with Gasteiger partial charge in [0.2, 0.25) is 5.91 Å². The Morgan fingerprint density at radius 2 is 2.38 bits per heavy atom. The van der Waals surface area contributed by atoms with Gasteiger partial charge in [-0.1, -0.05) is 0 Å². The molecule has 0 bridgehead atoms. The first-order valence-corrected chi connectivity index (χ1v) is 4.84. The number of nitrogens with one attached hydrogen (secondary N) is 1. The van der Waals surface area contributed by atoms with E-state index in [1.807, 2.05) is 0 Å². The predicted octanol–water partition coefficient (Wildman–Crippen LogP) is -0.844. The van der Waals surface area contributed by atoms with E-state index in [2.05, 4.69) is 17.3 Å². The molecule has 13 heavy (non-hydrogen) atoms. The predicted molar refractivity (Wildman–Crippen MR) is 50.1 cm³/mol. The standard InChI is InChI=1S/C9H17N3O/c1-12-5-7(11-8(13)4-10)9(6-12)2-3-9/h7H,2-6,10H2,1H3,(H,11,13). The van der Waals surface area contributed by atoms with Gasteiger partial charge in [0, 0.05) is 24.5 Å². The number of hydrogen-bond donors (Lipinski definition) is 2. The van der Waals surface area contributed by atoms with E-state index in [4.69, 9.17) is 5.73 Å². The van der Waals surface area contributed by atoms with E-state index in [1.165, 1.54) is 12.8 Å². The van der Waals surface area contributed by atoms with Crippen LogP contribution in [0.3, 0.4) is 0 Å². The summed E-state index contributed by atoms with van der Waals surface area (Å²) in [6.07, 6.45) is 2.51. The van der Waals surface area contributed by atoms with Crippen molar-refractivity contribution in [3.8, 4) is 0 Å². The smallest absolute Gasteiger partial charge is 0.234 e. The Labute approximate surface area is 78.5 Å². The fraction of sp³-hybridized carbons (Fsp3) is 0.889. The molecule has 2 rings (SSSR count). The van der Waals surface area contributed by atoms with Crippen LogP contribution in [-0.2, 0) is 4.79 Å². The van der Waals surface area contributed by atoms with Crippen LogP contribution in [0.15, 0.2) is 0 Å². The van der Waals surface area contributed by atoms with E-state index < -0.39 is 0 Å². The van der Waals surface area contributed by atoms with E-state index in [0.717, 1.165) is 13.1 Å². The Hall–Kier alpha value is -0.610. The maximum Gasteiger partial charge on any atom is 0.234 e. The molecular weight excluding hydrogens is 166 g/mol. The van der Waals surface area contributed by atoms with Gasteiger partial charge in [-0.05, 0) is 19.9 Å². The van der Waals surface area contributed by atoms with Crippen LogP contribution in [0.2, 0.25) is 0 Å². The number of amides is 1. The number of carbonyl (C=O) groups is 1. The Morgan fingerprint density at radius 1 is 1.69 bits per heavy atom. The third-order valence-corrected chi connectivity index (χ3v) is 3.23. The number of nitrogens with two attached hydrogens (primary N) is 1. The molecule has 0 aromatic heterocycles. The largest absolute Gasteiger partial charge is 0.350 e. The van der Waals surface area contributed by atoms with E-state index >= 15 is 0 Å².